The lowest BCUT2D eigenvalue weighted by Crippen LogP contribution is -1.76. The van der Waals surface area contributed by atoms with Crippen molar-refractivity contribution in [1.82, 2.24) is 10.1 Å². The van der Waals surface area contributed by atoms with Gasteiger partial charge in [-0.25, -0.2) is 0 Å². The molecule has 0 unspecified atom stereocenters. The molecule has 1 aromatic rings. The number of hydrogen-bond donors (Lipinski definition) is 0. The van der Waals surface area contributed by atoms with Crippen molar-refractivity contribution in [2.45, 2.75) is 13.3 Å². The van der Waals surface area contributed by atoms with E-state index < -0.39 is 0 Å². The molecule has 1 aromatic heterocycles. The van der Waals surface area contributed by atoms with E-state index in [9.17, 15) is 0 Å². The van der Waals surface area contributed by atoms with Crippen molar-refractivity contribution in [1.29, 1.82) is 0 Å². The Morgan fingerprint density at radius 1 is 1.75 bits per heavy atom. The number of aryl methyl sites for hydroxylation is 1. The lowest BCUT2D eigenvalue weighted by atomic mass is 10.5. The molecular formula is C4H5IN2O. The van der Waals surface area contributed by atoms with Gasteiger partial charge in [0.25, 0.3) is 0 Å². The quantitative estimate of drug-likeness (QED) is 0.673. The largest absolute Gasteiger partial charge is 0.339 e. The summed E-state index contributed by atoms with van der Waals surface area (Å²) in [6.07, 6.45) is 0.815. The van der Waals surface area contributed by atoms with Crippen LogP contribution < -0.4 is 0 Å². The van der Waals surface area contributed by atoms with Crippen LogP contribution in [0.4, 0.5) is 0 Å². The minimum Gasteiger partial charge on any atom is -0.339 e. The molecular weight excluding hydrogens is 219 g/mol. The van der Waals surface area contributed by atoms with Gasteiger partial charge in [0.15, 0.2) is 0 Å². The van der Waals surface area contributed by atoms with E-state index in [1.54, 1.807) is 0 Å². The molecule has 1 rings (SSSR count). The Morgan fingerprint density at radius 3 is 2.75 bits per heavy atom. The maximum absolute atomic E-state index is 4.74. The molecule has 0 amide bonds. The Hall–Kier alpha value is -0.130. The smallest absolute Gasteiger partial charge is 0.232 e. The number of aromatic nitrogens is 2. The molecule has 44 valence electrons. The highest BCUT2D eigenvalue weighted by Crippen LogP contribution is 1.99. The molecule has 1 heterocycles. The SMILES string of the molecule is CCc1nc(I)no1. The van der Waals surface area contributed by atoms with Gasteiger partial charge in [-0.15, -0.1) is 0 Å². The molecule has 8 heavy (non-hydrogen) atoms. The molecule has 0 fully saturated rings. The number of halogens is 1. The van der Waals surface area contributed by atoms with E-state index >= 15 is 0 Å². The van der Waals surface area contributed by atoms with Gasteiger partial charge in [-0.05, 0) is 0 Å². The van der Waals surface area contributed by atoms with Crippen molar-refractivity contribution in [3.05, 3.63) is 9.72 Å². The van der Waals surface area contributed by atoms with Gasteiger partial charge in [0.05, 0.1) is 0 Å². The van der Waals surface area contributed by atoms with Gasteiger partial charge >= 0.3 is 0 Å². The summed E-state index contributed by atoms with van der Waals surface area (Å²) in [6.45, 7) is 1.98. The molecule has 0 atom stereocenters. The van der Waals surface area contributed by atoms with E-state index in [-0.39, 0.29) is 0 Å². The number of hydrogen-bond acceptors (Lipinski definition) is 3. The summed E-state index contributed by atoms with van der Waals surface area (Å²) in [6, 6.07) is 0. The molecule has 0 aliphatic rings. The predicted octanol–water partition coefficient (Wildman–Crippen LogP) is 1.24. The van der Waals surface area contributed by atoms with Crippen molar-refractivity contribution in [3.8, 4) is 0 Å². The van der Waals surface area contributed by atoms with E-state index in [0.717, 1.165) is 6.42 Å². The Balaban J connectivity index is 2.84. The van der Waals surface area contributed by atoms with Crippen LogP contribution in [0.5, 0.6) is 0 Å². The van der Waals surface area contributed by atoms with E-state index in [4.69, 9.17) is 4.52 Å². The zero-order chi connectivity index (χ0) is 5.98. The molecule has 3 nitrogen and oxygen atoms in total. The second-order valence-corrected chi connectivity index (χ2v) is 2.28. The Labute approximate surface area is 60.6 Å². The standard InChI is InChI=1S/C4H5IN2O/c1-2-3-6-4(5)7-8-3/h2H2,1H3. The van der Waals surface area contributed by atoms with Gasteiger partial charge in [0.1, 0.15) is 0 Å². The predicted molar refractivity (Wildman–Crippen MR) is 36.4 cm³/mol. The van der Waals surface area contributed by atoms with Crippen LogP contribution in [0, 0.1) is 3.83 Å². The highest BCUT2D eigenvalue weighted by Gasteiger charge is 1.96. The van der Waals surface area contributed by atoms with E-state index in [2.05, 4.69) is 10.1 Å². The van der Waals surface area contributed by atoms with E-state index in [0.29, 0.717) is 9.72 Å². The van der Waals surface area contributed by atoms with Crippen LogP contribution in [0.15, 0.2) is 4.52 Å². The Bertz CT molecular complexity index is 174. The van der Waals surface area contributed by atoms with Crippen molar-refractivity contribution in [2.24, 2.45) is 0 Å². The molecule has 0 aliphatic heterocycles. The molecule has 0 radical (unpaired) electrons. The highest BCUT2D eigenvalue weighted by molar-refractivity contribution is 14.1. The molecule has 0 aromatic carbocycles. The summed E-state index contributed by atoms with van der Waals surface area (Å²) < 4.78 is 5.42. The van der Waals surface area contributed by atoms with E-state index in [1.165, 1.54) is 0 Å². The average Bonchev–Trinajstić information content (AvgIpc) is 2.14. The zero-order valence-electron chi connectivity index (χ0n) is 4.39. The average molecular weight is 224 g/mol. The summed E-state index contributed by atoms with van der Waals surface area (Å²) in [5.41, 5.74) is 0. The minimum absolute atomic E-state index is 0.680. The van der Waals surface area contributed by atoms with Crippen LogP contribution in [0.1, 0.15) is 12.8 Å². The lowest BCUT2D eigenvalue weighted by molar-refractivity contribution is 0.378. The molecule has 0 aliphatic carbocycles. The van der Waals surface area contributed by atoms with Gasteiger partial charge in [-0.3, -0.25) is 0 Å². The van der Waals surface area contributed by atoms with Crippen molar-refractivity contribution in [3.63, 3.8) is 0 Å². The second kappa shape index (κ2) is 2.43. The molecule has 0 N–H and O–H groups in total. The topological polar surface area (TPSA) is 38.9 Å². The van der Waals surface area contributed by atoms with Crippen molar-refractivity contribution in [2.75, 3.05) is 0 Å². The van der Waals surface area contributed by atoms with Gasteiger partial charge in [0, 0.05) is 29.0 Å². The second-order valence-electron chi connectivity index (χ2n) is 1.31. The van der Waals surface area contributed by atoms with Gasteiger partial charge < -0.3 is 4.52 Å². The monoisotopic (exact) mass is 224 g/mol. The molecule has 4 heteroatoms. The van der Waals surface area contributed by atoms with Crippen LogP contribution >= 0.6 is 22.6 Å². The summed E-state index contributed by atoms with van der Waals surface area (Å²) in [5.74, 6) is 0.703. The fourth-order valence-corrected chi connectivity index (χ4v) is 0.745. The van der Waals surface area contributed by atoms with Gasteiger partial charge in [0.2, 0.25) is 9.72 Å². The first kappa shape index (κ1) is 6.00. The van der Waals surface area contributed by atoms with E-state index in [1.807, 2.05) is 29.5 Å². The maximum atomic E-state index is 4.74. The molecule has 0 bridgehead atoms. The maximum Gasteiger partial charge on any atom is 0.232 e. The summed E-state index contributed by atoms with van der Waals surface area (Å²) >= 11 is 2.01. The Morgan fingerprint density at radius 2 is 2.50 bits per heavy atom. The summed E-state index contributed by atoms with van der Waals surface area (Å²) in [4.78, 5) is 3.94. The van der Waals surface area contributed by atoms with Crippen molar-refractivity contribution >= 4 is 22.6 Å². The van der Waals surface area contributed by atoms with Gasteiger partial charge in [-0.1, -0.05) is 12.1 Å². The highest BCUT2D eigenvalue weighted by atomic mass is 127. The fourth-order valence-electron chi connectivity index (χ4n) is 0.378. The number of rotatable bonds is 1. The van der Waals surface area contributed by atoms with Gasteiger partial charge in [-0.2, -0.15) is 4.98 Å². The number of nitrogens with zero attached hydrogens (tertiary/aromatic N) is 2. The fraction of sp³-hybridized carbons (Fsp3) is 0.500. The first-order valence-corrected chi connectivity index (χ1v) is 3.39. The normalized spacial score (nSPS) is 9.75. The third-order valence-electron chi connectivity index (χ3n) is 0.746. The molecule has 0 spiro atoms. The third kappa shape index (κ3) is 1.18. The lowest BCUT2D eigenvalue weighted by Gasteiger charge is -1.74. The van der Waals surface area contributed by atoms with Crippen LogP contribution in [-0.4, -0.2) is 10.1 Å². The minimum atomic E-state index is 0.680. The third-order valence-corrected chi connectivity index (χ3v) is 1.18. The van der Waals surface area contributed by atoms with Crippen LogP contribution in [-0.2, 0) is 6.42 Å². The Kier molecular flexibility index (Phi) is 1.82. The zero-order valence-corrected chi connectivity index (χ0v) is 6.55. The van der Waals surface area contributed by atoms with Crippen LogP contribution in [0.2, 0.25) is 0 Å². The van der Waals surface area contributed by atoms with Crippen molar-refractivity contribution < 1.29 is 4.52 Å². The van der Waals surface area contributed by atoms with Crippen LogP contribution in [0.3, 0.4) is 0 Å². The summed E-state index contributed by atoms with van der Waals surface area (Å²) in [7, 11) is 0. The first-order chi connectivity index (χ1) is 3.83. The first-order valence-electron chi connectivity index (χ1n) is 2.31. The van der Waals surface area contributed by atoms with Crippen LogP contribution in [0.25, 0.3) is 0 Å². The molecule has 0 saturated carbocycles. The summed E-state index contributed by atoms with van der Waals surface area (Å²) in [5, 5.41) is 3.59. The molecule has 0 saturated heterocycles.